The van der Waals surface area contributed by atoms with Crippen LogP contribution in [0.1, 0.15) is 11.3 Å². The van der Waals surface area contributed by atoms with Crippen molar-refractivity contribution < 1.29 is 9.31 Å². The molecule has 2 rings (SSSR count). The molecule has 0 amide bonds. The molecular weight excluding hydrogens is 225 g/mol. The first-order valence-corrected chi connectivity index (χ1v) is 5.00. The predicted octanol–water partition coefficient (Wildman–Crippen LogP) is 2.29. The van der Waals surface area contributed by atoms with Crippen molar-refractivity contribution in [1.82, 2.24) is 9.78 Å². The summed E-state index contributed by atoms with van der Waals surface area (Å²) < 4.78 is 15.3. The van der Waals surface area contributed by atoms with Crippen LogP contribution in [0.4, 0.5) is 10.1 Å². The Morgan fingerprint density at radius 3 is 2.82 bits per heavy atom. The molecule has 0 fully saturated rings. The summed E-state index contributed by atoms with van der Waals surface area (Å²) in [7, 11) is 0. The van der Waals surface area contributed by atoms with Gasteiger partial charge in [0, 0.05) is 17.8 Å². The van der Waals surface area contributed by atoms with Crippen molar-refractivity contribution >= 4 is 5.69 Å². The summed E-state index contributed by atoms with van der Waals surface area (Å²) in [6, 6.07) is 5.91. The van der Waals surface area contributed by atoms with Crippen LogP contribution in [0.2, 0.25) is 0 Å². The van der Waals surface area contributed by atoms with E-state index in [0.29, 0.717) is 0 Å². The van der Waals surface area contributed by atoms with Crippen LogP contribution in [0, 0.1) is 22.9 Å². The van der Waals surface area contributed by atoms with Crippen molar-refractivity contribution in [2.75, 3.05) is 0 Å². The Kier molecular flexibility index (Phi) is 2.86. The molecule has 0 aliphatic carbocycles. The van der Waals surface area contributed by atoms with Gasteiger partial charge in [-0.1, -0.05) is 12.1 Å². The average molecular weight is 235 g/mol. The molecular formula is C11H10FN3O2. The van der Waals surface area contributed by atoms with Gasteiger partial charge < -0.3 is 0 Å². The van der Waals surface area contributed by atoms with Gasteiger partial charge in [0.25, 0.3) is 0 Å². The lowest BCUT2D eigenvalue weighted by Gasteiger charge is -2.03. The fourth-order valence-electron chi connectivity index (χ4n) is 1.56. The molecule has 1 aromatic carbocycles. The summed E-state index contributed by atoms with van der Waals surface area (Å²) in [4.78, 5) is 9.84. The topological polar surface area (TPSA) is 61.0 Å². The summed E-state index contributed by atoms with van der Waals surface area (Å²) in [5, 5.41) is 14.7. The van der Waals surface area contributed by atoms with Gasteiger partial charge in [0.05, 0.1) is 17.2 Å². The third kappa shape index (κ3) is 2.30. The van der Waals surface area contributed by atoms with Crippen LogP contribution < -0.4 is 0 Å². The molecule has 5 nitrogen and oxygen atoms in total. The highest BCUT2D eigenvalue weighted by Gasteiger charge is 2.17. The number of aromatic nitrogens is 2. The molecule has 0 saturated heterocycles. The highest BCUT2D eigenvalue weighted by Crippen LogP contribution is 2.20. The quantitative estimate of drug-likeness (QED) is 0.605. The van der Waals surface area contributed by atoms with Crippen molar-refractivity contribution in [1.29, 1.82) is 0 Å². The van der Waals surface area contributed by atoms with Gasteiger partial charge in [-0.15, -0.1) is 0 Å². The first kappa shape index (κ1) is 11.3. The van der Waals surface area contributed by atoms with Gasteiger partial charge in [0.15, 0.2) is 0 Å². The second-order valence-corrected chi connectivity index (χ2v) is 3.66. The normalized spacial score (nSPS) is 10.5. The summed E-state index contributed by atoms with van der Waals surface area (Å²) in [6.07, 6.45) is 1.70. The van der Waals surface area contributed by atoms with E-state index in [4.69, 9.17) is 0 Å². The van der Waals surface area contributed by atoms with Gasteiger partial charge >= 0.3 is 5.69 Å². The number of benzene rings is 1. The number of nitrogens with zero attached hydrogens (tertiary/aromatic N) is 3. The molecule has 2 aromatic rings. The van der Waals surface area contributed by atoms with Gasteiger partial charge in [-0.25, -0.2) is 0 Å². The number of nitro benzene ring substituents is 1. The van der Waals surface area contributed by atoms with E-state index in [-0.39, 0.29) is 12.1 Å². The maximum Gasteiger partial charge on any atom is 0.305 e. The monoisotopic (exact) mass is 235 g/mol. The Labute approximate surface area is 96.6 Å². The van der Waals surface area contributed by atoms with Gasteiger partial charge in [-0.05, 0) is 13.0 Å². The Bertz CT molecular complexity index is 566. The van der Waals surface area contributed by atoms with Gasteiger partial charge in [-0.3, -0.25) is 14.8 Å². The van der Waals surface area contributed by atoms with Crippen LogP contribution >= 0.6 is 0 Å². The molecule has 1 aromatic heterocycles. The van der Waals surface area contributed by atoms with Crippen molar-refractivity contribution in [2.45, 2.75) is 13.5 Å². The summed E-state index contributed by atoms with van der Waals surface area (Å²) in [6.45, 7) is 2.00. The highest BCUT2D eigenvalue weighted by atomic mass is 19.1. The third-order valence-electron chi connectivity index (χ3n) is 2.36. The van der Waals surface area contributed by atoms with Crippen LogP contribution in [0.25, 0.3) is 0 Å². The van der Waals surface area contributed by atoms with Crippen molar-refractivity contribution in [3.63, 3.8) is 0 Å². The molecule has 1 heterocycles. The van der Waals surface area contributed by atoms with Crippen LogP contribution in [0.15, 0.2) is 30.5 Å². The Morgan fingerprint density at radius 2 is 2.24 bits per heavy atom. The SMILES string of the molecule is Cc1ccn(Cc2cccc([N+](=O)[O-])c2F)n1. The lowest BCUT2D eigenvalue weighted by Crippen LogP contribution is -2.04. The molecule has 0 spiro atoms. The van der Waals surface area contributed by atoms with E-state index in [0.717, 1.165) is 11.8 Å². The molecule has 0 atom stereocenters. The van der Waals surface area contributed by atoms with E-state index < -0.39 is 16.4 Å². The molecule has 88 valence electrons. The van der Waals surface area contributed by atoms with Gasteiger partial charge in [-0.2, -0.15) is 9.49 Å². The van der Waals surface area contributed by atoms with Gasteiger partial charge in [0.1, 0.15) is 0 Å². The molecule has 17 heavy (non-hydrogen) atoms. The van der Waals surface area contributed by atoms with E-state index >= 15 is 0 Å². The minimum atomic E-state index is -0.800. The Morgan fingerprint density at radius 1 is 1.47 bits per heavy atom. The number of hydrogen-bond donors (Lipinski definition) is 0. The molecule has 6 heteroatoms. The predicted molar refractivity (Wildman–Crippen MR) is 59.1 cm³/mol. The molecule has 0 bridgehead atoms. The minimum absolute atomic E-state index is 0.182. The molecule has 0 saturated carbocycles. The number of aryl methyl sites for hydroxylation is 1. The van der Waals surface area contributed by atoms with Crippen LogP contribution in [-0.4, -0.2) is 14.7 Å². The number of hydrogen-bond acceptors (Lipinski definition) is 3. The van der Waals surface area contributed by atoms with E-state index in [9.17, 15) is 14.5 Å². The Hall–Kier alpha value is -2.24. The number of rotatable bonds is 3. The molecule has 0 unspecified atom stereocenters. The van der Waals surface area contributed by atoms with Crippen molar-refractivity contribution in [2.24, 2.45) is 0 Å². The van der Waals surface area contributed by atoms with Gasteiger partial charge in [0.2, 0.25) is 5.82 Å². The maximum absolute atomic E-state index is 13.7. The fraction of sp³-hybridized carbons (Fsp3) is 0.182. The first-order chi connectivity index (χ1) is 8.08. The van der Waals surface area contributed by atoms with Crippen molar-refractivity contribution in [3.05, 3.63) is 57.7 Å². The van der Waals surface area contributed by atoms with Crippen molar-refractivity contribution in [3.8, 4) is 0 Å². The smallest absolute Gasteiger partial charge is 0.268 e. The second kappa shape index (κ2) is 4.32. The molecule has 0 N–H and O–H groups in total. The first-order valence-electron chi connectivity index (χ1n) is 5.00. The number of halogens is 1. The number of nitro groups is 1. The standard InChI is InChI=1S/C11H10FN3O2/c1-8-5-6-14(13-8)7-9-3-2-4-10(11(9)12)15(16)17/h2-6H,7H2,1H3. The molecule has 0 aliphatic heterocycles. The lowest BCUT2D eigenvalue weighted by molar-refractivity contribution is -0.387. The molecule has 0 radical (unpaired) electrons. The maximum atomic E-state index is 13.7. The highest BCUT2D eigenvalue weighted by molar-refractivity contribution is 5.36. The van der Waals surface area contributed by atoms with E-state index in [1.54, 1.807) is 12.3 Å². The van der Waals surface area contributed by atoms with Crippen LogP contribution in [0.3, 0.4) is 0 Å². The third-order valence-corrected chi connectivity index (χ3v) is 2.36. The summed E-state index contributed by atoms with van der Waals surface area (Å²) >= 11 is 0. The lowest BCUT2D eigenvalue weighted by atomic mass is 10.2. The fourth-order valence-corrected chi connectivity index (χ4v) is 1.56. The zero-order chi connectivity index (χ0) is 12.4. The second-order valence-electron chi connectivity index (χ2n) is 3.66. The van der Waals surface area contributed by atoms with Crippen LogP contribution in [0.5, 0.6) is 0 Å². The van der Waals surface area contributed by atoms with Crippen LogP contribution in [-0.2, 0) is 6.54 Å². The van der Waals surface area contributed by atoms with E-state index in [2.05, 4.69) is 5.10 Å². The zero-order valence-electron chi connectivity index (χ0n) is 9.13. The largest absolute Gasteiger partial charge is 0.305 e. The summed E-state index contributed by atoms with van der Waals surface area (Å²) in [5.74, 6) is -0.800. The summed E-state index contributed by atoms with van der Waals surface area (Å²) in [5.41, 5.74) is 0.560. The molecule has 0 aliphatic rings. The average Bonchev–Trinajstić information content (AvgIpc) is 2.67. The van der Waals surface area contributed by atoms with E-state index in [1.165, 1.54) is 16.8 Å². The zero-order valence-corrected chi connectivity index (χ0v) is 9.13. The minimum Gasteiger partial charge on any atom is -0.268 e. The van der Waals surface area contributed by atoms with E-state index in [1.807, 2.05) is 6.92 Å². The Balaban J connectivity index is 2.33.